The predicted molar refractivity (Wildman–Crippen MR) is 94.8 cm³/mol. The third kappa shape index (κ3) is 6.04. The van der Waals surface area contributed by atoms with E-state index in [1.807, 2.05) is 6.92 Å². The molecule has 2 atom stereocenters. The van der Waals surface area contributed by atoms with Crippen molar-refractivity contribution in [2.24, 2.45) is 0 Å². The highest BCUT2D eigenvalue weighted by Gasteiger charge is 2.23. The molecular weight excluding hydrogens is 431 g/mol. The van der Waals surface area contributed by atoms with Crippen LogP contribution in [0, 0.1) is 18.8 Å². The highest BCUT2D eigenvalue weighted by molar-refractivity contribution is 14.1. The minimum atomic E-state index is -3.76. The van der Waals surface area contributed by atoms with Gasteiger partial charge in [-0.3, -0.25) is 4.18 Å². The first-order chi connectivity index (χ1) is 11.0. The Hall–Kier alpha value is -0.660. The van der Waals surface area contributed by atoms with Gasteiger partial charge in [-0.05, 0) is 31.9 Å². The van der Waals surface area contributed by atoms with Crippen molar-refractivity contribution in [2.75, 3.05) is 19.8 Å². The molecule has 1 fully saturated rings. The number of hydrogen-bond acceptors (Lipinski definition) is 5. The van der Waals surface area contributed by atoms with Gasteiger partial charge in [-0.25, -0.2) is 0 Å². The number of alkyl halides is 1. The summed E-state index contributed by atoms with van der Waals surface area (Å²) in [5.74, 6) is 5.38. The highest BCUT2D eigenvalue weighted by atomic mass is 127. The average molecular weight is 450 g/mol. The Bertz CT molecular complexity index is 660. The van der Waals surface area contributed by atoms with Crippen LogP contribution in [0.3, 0.4) is 0 Å². The van der Waals surface area contributed by atoms with E-state index < -0.39 is 10.1 Å². The third-order valence-electron chi connectivity index (χ3n) is 3.24. The normalized spacial score (nSPS) is 21.5. The first-order valence-electron chi connectivity index (χ1n) is 7.28. The summed E-state index contributed by atoms with van der Waals surface area (Å²) in [6.45, 7) is 2.59. The fourth-order valence-electron chi connectivity index (χ4n) is 1.98. The molecule has 1 saturated heterocycles. The van der Waals surface area contributed by atoms with Gasteiger partial charge < -0.3 is 9.47 Å². The lowest BCUT2D eigenvalue weighted by Gasteiger charge is -2.26. The van der Waals surface area contributed by atoms with Crippen molar-refractivity contribution in [3.8, 4) is 11.8 Å². The molecule has 0 aliphatic carbocycles. The number of benzene rings is 1. The van der Waals surface area contributed by atoms with Gasteiger partial charge in [0.15, 0.2) is 6.29 Å². The van der Waals surface area contributed by atoms with Crippen LogP contribution in [0.2, 0.25) is 0 Å². The van der Waals surface area contributed by atoms with Crippen LogP contribution in [-0.4, -0.2) is 38.5 Å². The number of halogens is 1. The molecule has 1 aromatic rings. The van der Waals surface area contributed by atoms with Crippen molar-refractivity contribution in [3.05, 3.63) is 29.8 Å². The van der Waals surface area contributed by atoms with Gasteiger partial charge in [0, 0.05) is 6.61 Å². The molecule has 1 heterocycles. The highest BCUT2D eigenvalue weighted by Crippen LogP contribution is 2.22. The molecule has 0 N–H and O–H groups in total. The maximum Gasteiger partial charge on any atom is 0.297 e. The van der Waals surface area contributed by atoms with E-state index in [4.69, 9.17) is 13.7 Å². The summed E-state index contributed by atoms with van der Waals surface area (Å²) < 4.78 is 40.1. The first-order valence-corrected chi connectivity index (χ1v) is 9.93. The van der Waals surface area contributed by atoms with Crippen LogP contribution in [0.4, 0.5) is 0 Å². The lowest BCUT2D eigenvalue weighted by molar-refractivity contribution is -0.146. The summed E-state index contributed by atoms with van der Waals surface area (Å²) >= 11 is 2.30. The second-order valence-electron chi connectivity index (χ2n) is 5.09. The van der Waals surface area contributed by atoms with Crippen LogP contribution in [0.5, 0.6) is 0 Å². The van der Waals surface area contributed by atoms with Gasteiger partial charge in [0.2, 0.25) is 0 Å². The van der Waals surface area contributed by atoms with Crippen LogP contribution in [-0.2, 0) is 23.8 Å². The Morgan fingerprint density at radius 3 is 2.65 bits per heavy atom. The fourth-order valence-corrected chi connectivity index (χ4v) is 3.65. The molecule has 2 rings (SSSR count). The summed E-state index contributed by atoms with van der Waals surface area (Å²) in [6, 6.07) is 6.48. The molecule has 1 aromatic carbocycles. The number of ether oxygens (including phenoxy) is 2. The van der Waals surface area contributed by atoms with Crippen LogP contribution >= 0.6 is 22.6 Å². The molecule has 0 amide bonds. The predicted octanol–water partition coefficient (Wildman–Crippen LogP) is 2.66. The zero-order valence-corrected chi connectivity index (χ0v) is 15.8. The van der Waals surface area contributed by atoms with Crippen molar-refractivity contribution in [1.29, 1.82) is 0 Å². The zero-order valence-electron chi connectivity index (χ0n) is 12.8. The van der Waals surface area contributed by atoms with Gasteiger partial charge in [-0.1, -0.05) is 52.1 Å². The second-order valence-corrected chi connectivity index (χ2v) is 8.31. The molecule has 1 aliphatic rings. The lowest BCUT2D eigenvalue weighted by Crippen LogP contribution is -2.32. The van der Waals surface area contributed by atoms with Gasteiger partial charge in [-0.15, -0.1) is 0 Å². The summed E-state index contributed by atoms with van der Waals surface area (Å²) in [5.41, 5.74) is 0.986. The quantitative estimate of drug-likeness (QED) is 0.299. The molecule has 126 valence electrons. The van der Waals surface area contributed by atoms with E-state index in [1.165, 1.54) is 12.1 Å². The van der Waals surface area contributed by atoms with Crippen LogP contribution < -0.4 is 0 Å². The molecule has 23 heavy (non-hydrogen) atoms. The van der Waals surface area contributed by atoms with Crippen molar-refractivity contribution in [2.45, 2.75) is 34.9 Å². The van der Waals surface area contributed by atoms with Gasteiger partial charge >= 0.3 is 0 Å². The summed E-state index contributed by atoms with van der Waals surface area (Å²) in [7, 11) is -3.76. The maximum atomic E-state index is 11.9. The van der Waals surface area contributed by atoms with Crippen LogP contribution in [0.15, 0.2) is 29.2 Å². The van der Waals surface area contributed by atoms with Crippen molar-refractivity contribution >= 4 is 32.7 Å². The van der Waals surface area contributed by atoms with E-state index >= 15 is 0 Å². The SMILES string of the molecule is Cc1ccc(S(=O)(=O)OCC#CCO[C@@H]2OCCC[C@H]2I)cc1. The minimum absolute atomic E-state index is 0.129. The van der Waals surface area contributed by atoms with E-state index in [0.717, 1.165) is 18.4 Å². The molecule has 0 radical (unpaired) electrons. The first kappa shape index (κ1) is 18.7. The molecule has 0 saturated carbocycles. The Kier molecular flexibility index (Phi) is 7.30. The standard InChI is InChI=1S/C16H19IO5S/c1-13-6-8-14(9-7-13)23(18,19)22-12-3-2-10-20-16-15(17)5-4-11-21-16/h6-9,15-16H,4-5,10-12H2,1H3/t15-,16-/m1/s1. The Labute approximate surface area is 151 Å². The molecule has 0 unspecified atom stereocenters. The van der Waals surface area contributed by atoms with Crippen molar-refractivity contribution in [1.82, 2.24) is 0 Å². The van der Waals surface area contributed by atoms with Gasteiger partial charge in [0.1, 0.15) is 13.2 Å². The number of aryl methyl sites for hydroxylation is 1. The third-order valence-corrected chi connectivity index (χ3v) is 5.73. The number of rotatable bonds is 5. The molecule has 0 bridgehead atoms. The molecular formula is C16H19IO5S. The number of hydrogen-bond donors (Lipinski definition) is 0. The van der Waals surface area contributed by atoms with Crippen LogP contribution in [0.1, 0.15) is 18.4 Å². The van der Waals surface area contributed by atoms with E-state index in [1.54, 1.807) is 12.1 Å². The molecule has 0 aromatic heterocycles. The average Bonchev–Trinajstić information content (AvgIpc) is 2.52. The Morgan fingerprint density at radius 2 is 1.96 bits per heavy atom. The van der Waals surface area contributed by atoms with Crippen molar-refractivity contribution in [3.63, 3.8) is 0 Å². The van der Waals surface area contributed by atoms with E-state index in [0.29, 0.717) is 10.5 Å². The summed E-state index contributed by atoms with van der Waals surface area (Å²) in [4.78, 5) is 0.129. The van der Waals surface area contributed by atoms with Gasteiger partial charge in [0.05, 0.1) is 8.82 Å². The zero-order chi connectivity index (χ0) is 16.7. The summed E-state index contributed by atoms with van der Waals surface area (Å²) in [5, 5.41) is 0. The van der Waals surface area contributed by atoms with E-state index in [2.05, 4.69) is 34.4 Å². The molecule has 1 aliphatic heterocycles. The Balaban J connectivity index is 1.75. The Morgan fingerprint density at radius 1 is 1.26 bits per heavy atom. The fraction of sp³-hybridized carbons (Fsp3) is 0.500. The summed E-state index contributed by atoms with van der Waals surface area (Å²) in [6.07, 6.45) is 1.87. The van der Waals surface area contributed by atoms with Gasteiger partial charge in [0.25, 0.3) is 10.1 Å². The van der Waals surface area contributed by atoms with Crippen LogP contribution in [0.25, 0.3) is 0 Å². The minimum Gasteiger partial charge on any atom is -0.351 e. The van der Waals surface area contributed by atoms with E-state index in [9.17, 15) is 8.42 Å². The second kappa shape index (κ2) is 8.99. The lowest BCUT2D eigenvalue weighted by atomic mass is 10.2. The maximum absolute atomic E-state index is 11.9. The van der Waals surface area contributed by atoms with E-state index in [-0.39, 0.29) is 24.4 Å². The largest absolute Gasteiger partial charge is 0.351 e. The smallest absolute Gasteiger partial charge is 0.297 e. The topological polar surface area (TPSA) is 61.8 Å². The molecule has 0 spiro atoms. The van der Waals surface area contributed by atoms with Crippen molar-refractivity contribution < 1.29 is 22.1 Å². The molecule has 5 nitrogen and oxygen atoms in total. The van der Waals surface area contributed by atoms with Gasteiger partial charge in [-0.2, -0.15) is 8.42 Å². The molecule has 7 heteroatoms. The monoisotopic (exact) mass is 450 g/mol.